The quantitative estimate of drug-likeness (QED) is 0.319. The molecule has 0 aliphatic carbocycles. The van der Waals surface area contributed by atoms with Gasteiger partial charge in [-0.15, -0.1) is 5.10 Å². The zero-order valence-corrected chi connectivity index (χ0v) is 20.8. The molecule has 0 bridgehead atoms. The number of pyridine rings is 1. The van der Waals surface area contributed by atoms with E-state index in [-0.39, 0.29) is 5.56 Å². The molecule has 0 saturated heterocycles. The van der Waals surface area contributed by atoms with Crippen LogP contribution < -0.4 is 14.8 Å². The van der Waals surface area contributed by atoms with Gasteiger partial charge in [-0.1, -0.05) is 36.5 Å². The monoisotopic (exact) mass is 506 g/mol. The normalized spacial score (nSPS) is 11.9. The summed E-state index contributed by atoms with van der Waals surface area (Å²) in [5.74, 6) is 1.29. The summed E-state index contributed by atoms with van der Waals surface area (Å²) in [6, 6.07) is 21.4. The first-order chi connectivity index (χ1) is 18.2. The average molecular weight is 507 g/mol. The second-order valence-corrected chi connectivity index (χ2v) is 9.38. The number of ether oxygens (including phenoxy) is 1. The number of rotatable bonds is 7. The van der Waals surface area contributed by atoms with Crippen LogP contribution >= 0.6 is 11.3 Å². The minimum Gasteiger partial charge on any atom is -0.494 e. The van der Waals surface area contributed by atoms with Crippen molar-refractivity contribution in [2.75, 3.05) is 6.61 Å². The van der Waals surface area contributed by atoms with E-state index in [0.29, 0.717) is 21.9 Å². The van der Waals surface area contributed by atoms with Crippen LogP contribution in [-0.4, -0.2) is 36.0 Å². The fraction of sp³-hybridized carbons (Fsp3) is 0.107. The Bertz CT molecular complexity index is 1770. The highest BCUT2D eigenvalue weighted by Crippen LogP contribution is 2.26. The number of thiazole rings is 1. The van der Waals surface area contributed by atoms with Crippen LogP contribution in [0.5, 0.6) is 5.75 Å². The summed E-state index contributed by atoms with van der Waals surface area (Å²) in [5.41, 5.74) is 3.99. The lowest BCUT2D eigenvalue weighted by Gasteiger charge is -2.05. The average Bonchev–Trinajstić information content (AvgIpc) is 3.64. The number of hydrogen-bond donors (Lipinski definition) is 0. The van der Waals surface area contributed by atoms with Crippen molar-refractivity contribution < 1.29 is 4.74 Å². The van der Waals surface area contributed by atoms with Crippen molar-refractivity contribution in [1.82, 2.24) is 29.4 Å². The van der Waals surface area contributed by atoms with E-state index in [1.165, 1.54) is 15.9 Å². The molecule has 2 aromatic carbocycles. The number of benzene rings is 2. The molecular formula is C28H22N6O2S. The molecule has 0 unspecified atom stereocenters. The van der Waals surface area contributed by atoms with Crippen molar-refractivity contribution in [1.29, 1.82) is 0 Å². The van der Waals surface area contributed by atoms with Gasteiger partial charge in [0.1, 0.15) is 11.4 Å². The Balaban J connectivity index is 1.44. The summed E-state index contributed by atoms with van der Waals surface area (Å²) < 4.78 is 9.44. The van der Waals surface area contributed by atoms with E-state index >= 15 is 0 Å². The topological polar surface area (TPSA) is 87.2 Å². The Kier molecular flexibility index (Phi) is 6.03. The molecule has 6 rings (SSSR count). The number of para-hydroxylation sites is 1. The minimum atomic E-state index is -0.218. The molecule has 0 spiro atoms. The molecule has 0 atom stereocenters. The van der Waals surface area contributed by atoms with Gasteiger partial charge in [-0.05, 0) is 61.0 Å². The lowest BCUT2D eigenvalue weighted by atomic mass is 10.1. The highest BCUT2D eigenvalue weighted by atomic mass is 32.1. The molecule has 4 heterocycles. The van der Waals surface area contributed by atoms with E-state index < -0.39 is 0 Å². The van der Waals surface area contributed by atoms with Crippen LogP contribution in [0.4, 0.5) is 0 Å². The van der Waals surface area contributed by atoms with E-state index in [0.717, 1.165) is 40.2 Å². The molecule has 0 saturated carbocycles. The fourth-order valence-electron chi connectivity index (χ4n) is 3.95. The molecule has 37 heavy (non-hydrogen) atoms. The van der Waals surface area contributed by atoms with E-state index in [1.807, 2.05) is 83.7 Å². The maximum absolute atomic E-state index is 13.2. The van der Waals surface area contributed by atoms with Gasteiger partial charge < -0.3 is 4.74 Å². The molecule has 6 aromatic rings. The maximum atomic E-state index is 13.2. The molecule has 0 aliphatic rings. The van der Waals surface area contributed by atoms with Gasteiger partial charge in [0.15, 0.2) is 5.82 Å². The smallest absolute Gasteiger partial charge is 0.291 e. The van der Waals surface area contributed by atoms with E-state index in [9.17, 15) is 4.79 Å². The summed E-state index contributed by atoms with van der Waals surface area (Å²) in [7, 11) is 0. The van der Waals surface area contributed by atoms with Crippen LogP contribution in [0.15, 0.2) is 90.1 Å². The van der Waals surface area contributed by atoms with Crippen molar-refractivity contribution in [3.8, 4) is 34.1 Å². The predicted octanol–water partition coefficient (Wildman–Crippen LogP) is 4.40. The van der Waals surface area contributed by atoms with Gasteiger partial charge in [0, 0.05) is 35.3 Å². The molecule has 9 heteroatoms. The van der Waals surface area contributed by atoms with Crippen LogP contribution in [0.2, 0.25) is 0 Å². The van der Waals surface area contributed by atoms with Gasteiger partial charge in [-0.25, -0.2) is 4.68 Å². The Morgan fingerprint density at radius 2 is 1.81 bits per heavy atom. The van der Waals surface area contributed by atoms with Gasteiger partial charge in [-0.3, -0.25) is 9.78 Å². The van der Waals surface area contributed by atoms with Gasteiger partial charge >= 0.3 is 0 Å². The summed E-state index contributed by atoms with van der Waals surface area (Å²) in [4.78, 5) is 22.4. The van der Waals surface area contributed by atoms with Gasteiger partial charge in [0.2, 0.25) is 4.96 Å². The highest BCUT2D eigenvalue weighted by molar-refractivity contribution is 7.15. The molecular weight excluding hydrogens is 484 g/mol. The van der Waals surface area contributed by atoms with Crippen molar-refractivity contribution in [3.63, 3.8) is 0 Å². The third-order valence-electron chi connectivity index (χ3n) is 5.75. The van der Waals surface area contributed by atoms with Crippen molar-refractivity contribution in [2.24, 2.45) is 0 Å². The number of hydrogen-bond acceptors (Lipinski definition) is 7. The zero-order chi connectivity index (χ0) is 25.2. The van der Waals surface area contributed by atoms with Crippen molar-refractivity contribution in [2.45, 2.75) is 13.3 Å². The van der Waals surface area contributed by atoms with Crippen LogP contribution in [0.25, 0.3) is 39.4 Å². The largest absolute Gasteiger partial charge is 0.494 e. The Labute approximate surface area is 216 Å². The lowest BCUT2D eigenvalue weighted by molar-refractivity contribution is 0.317. The Hall–Kier alpha value is -4.63. The second-order valence-electron chi connectivity index (χ2n) is 8.37. The van der Waals surface area contributed by atoms with Crippen LogP contribution in [0, 0.1) is 0 Å². The van der Waals surface area contributed by atoms with Crippen molar-refractivity contribution >= 4 is 22.4 Å². The predicted molar refractivity (Wildman–Crippen MR) is 144 cm³/mol. The molecule has 0 aliphatic heterocycles. The van der Waals surface area contributed by atoms with E-state index in [2.05, 4.69) is 22.0 Å². The Morgan fingerprint density at radius 3 is 2.54 bits per heavy atom. The number of aromatic nitrogens is 6. The van der Waals surface area contributed by atoms with Crippen LogP contribution in [-0.2, 0) is 0 Å². The molecule has 182 valence electrons. The SMILES string of the molecule is CCCOc1ccc(-c2nn(-c3ccccc3)cc2/C=c2\sc3nc(-c4cccnc4)nn3c2=O)cc1. The third-order valence-corrected chi connectivity index (χ3v) is 6.71. The van der Waals surface area contributed by atoms with Crippen LogP contribution in [0.3, 0.4) is 0 Å². The van der Waals surface area contributed by atoms with Crippen LogP contribution in [0.1, 0.15) is 18.9 Å². The first-order valence-corrected chi connectivity index (χ1v) is 12.7. The maximum Gasteiger partial charge on any atom is 0.291 e. The van der Waals surface area contributed by atoms with E-state index in [1.54, 1.807) is 12.4 Å². The summed E-state index contributed by atoms with van der Waals surface area (Å²) in [6.45, 7) is 2.75. The molecule has 0 fully saturated rings. The summed E-state index contributed by atoms with van der Waals surface area (Å²) >= 11 is 1.30. The first-order valence-electron chi connectivity index (χ1n) is 11.9. The molecule has 0 N–H and O–H groups in total. The molecule has 0 amide bonds. The summed E-state index contributed by atoms with van der Waals surface area (Å²) in [5, 5.41) is 9.29. The lowest BCUT2D eigenvalue weighted by Crippen LogP contribution is -2.23. The number of nitrogens with zero attached hydrogens (tertiary/aromatic N) is 6. The fourth-order valence-corrected chi connectivity index (χ4v) is 4.85. The summed E-state index contributed by atoms with van der Waals surface area (Å²) in [6.07, 6.45) is 8.11. The van der Waals surface area contributed by atoms with E-state index in [4.69, 9.17) is 9.84 Å². The zero-order valence-electron chi connectivity index (χ0n) is 20.0. The standard InChI is InChI=1S/C28H22N6O2S/c1-2-15-36-23-12-10-19(11-13-23)25-21(18-33(31-25)22-8-4-3-5-9-22)16-24-27(35)34-28(37-24)30-26(32-34)20-7-6-14-29-17-20/h3-14,16-18H,2,15H2,1H3/b24-16-. The molecule has 0 radical (unpaired) electrons. The first kappa shape index (κ1) is 22.8. The number of fused-ring (bicyclic) bond motifs is 1. The van der Waals surface area contributed by atoms with Gasteiger partial charge in [0.25, 0.3) is 5.56 Å². The molecule has 4 aromatic heterocycles. The second kappa shape index (κ2) is 9.79. The Morgan fingerprint density at radius 1 is 0.973 bits per heavy atom. The highest BCUT2D eigenvalue weighted by Gasteiger charge is 2.15. The van der Waals surface area contributed by atoms with Gasteiger partial charge in [0.05, 0.1) is 16.8 Å². The minimum absolute atomic E-state index is 0.218. The molecule has 8 nitrogen and oxygen atoms in total. The third kappa shape index (κ3) is 4.52. The van der Waals surface area contributed by atoms with Gasteiger partial charge in [-0.2, -0.15) is 14.6 Å². The van der Waals surface area contributed by atoms with Crippen molar-refractivity contribution in [3.05, 3.63) is 106 Å².